The summed E-state index contributed by atoms with van der Waals surface area (Å²) >= 11 is 0. The van der Waals surface area contributed by atoms with Crippen LogP contribution in [0.5, 0.6) is 0 Å². The Kier molecular flexibility index (Phi) is 3.87. The molecule has 0 unspecified atom stereocenters. The lowest BCUT2D eigenvalue weighted by molar-refractivity contribution is -0.520. The van der Waals surface area contributed by atoms with E-state index in [-0.39, 0.29) is 5.91 Å². The fourth-order valence-electron chi connectivity index (χ4n) is 3.51. The summed E-state index contributed by atoms with van der Waals surface area (Å²) in [5, 5.41) is 4.07. The summed E-state index contributed by atoms with van der Waals surface area (Å²) in [6.07, 6.45) is 8.38. The second-order valence-electron chi connectivity index (χ2n) is 6.72. The zero-order valence-electron chi connectivity index (χ0n) is 15.1. The quantitative estimate of drug-likeness (QED) is 0.419. The van der Waals surface area contributed by atoms with Crippen LogP contribution in [0, 0.1) is 0 Å². The van der Waals surface area contributed by atoms with Crippen molar-refractivity contribution in [3.05, 3.63) is 96.5 Å². The number of hydrogen-bond donors (Lipinski definition) is 3. The van der Waals surface area contributed by atoms with Crippen LogP contribution in [0.4, 0.5) is 5.69 Å². The van der Waals surface area contributed by atoms with Gasteiger partial charge in [-0.2, -0.15) is 4.40 Å². The van der Waals surface area contributed by atoms with Crippen LogP contribution in [0.25, 0.3) is 16.4 Å². The van der Waals surface area contributed by atoms with Crippen molar-refractivity contribution >= 4 is 28.0 Å². The number of fused-ring (bicyclic) bond motifs is 2. The van der Waals surface area contributed by atoms with E-state index in [9.17, 15) is 4.79 Å². The van der Waals surface area contributed by atoms with Crippen LogP contribution >= 0.6 is 0 Å². The highest BCUT2D eigenvalue weighted by atomic mass is 16.1. The highest BCUT2D eigenvalue weighted by molar-refractivity contribution is 6.07. The number of rotatable bonds is 4. The molecule has 1 amide bonds. The van der Waals surface area contributed by atoms with Gasteiger partial charge in [-0.3, -0.25) is 4.79 Å². The summed E-state index contributed by atoms with van der Waals surface area (Å²) in [7, 11) is 0. The van der Waals surface area contributed by atoms with E-state index in [1.165, 1.54) is 0 Å². The van der Waals surface area contributed by atoms with Gasteiger partial charge in [-0.15, -0.1) is 0 Å². The topological polar surface area (TPSA) is 78.9 Å². The van der Waals surface area contributed by atoms with Crippen molar-refractivity contribution in [3.8, 4) is 0 Å². The molecular formula is C22H19N5O+2. The lowest BCUT2D eigenvalue weighted by Crippen LogP contribution is -2.24. The van der Waals surface area contributed by atoms with Gasteiger partial charge < -0.3 is 10.3 Å². The van der Waals surface area contributed by atoms with Crippen molar-refractivity contribution in [1.29, 1.82) is 0 Å². The average Bonchev–Trinajstić information content (AvgIpc) is 3.33. The van der Waals surface area contributed by atoms with Gasteiger partial charge in [0.15, 0.2) is 17.9 Å². The molecule has 136 valence electrons. The number of nitrogens with zero attached hydrogens (tertiary/aromatic N) is 1. The number of pyridine rings is 2. The molecule has 4 N–H and O–H groups in total. The molecule has 0 saturated carbocycles. The molecular weight excluding hydrogens is 350 g/mol. The van der Waals surface area contributed by atoms with Crippen LogP contribution in [0.2, 0.25) is 0 Å². The van der Waals surface area contributed by atoms with Gasteiger partial charge in [0.05, 0.1) is 12.6 Å². The number of H-pyrrole nitrogens is 3. The summed E-state index contributed by atoms with van der Waals surface area (Å²) in [6, 6.07) is 17.7. The van der Waals surface area contributed by atoms with Crippen LogP contribution in [-0.4, -0.2) is 15.9 Å². The van der Waals surface area contributed by atoms with Crippen molar-refractivity contribution < 1.29 is 14.2 Å². The summed E-state index contributed by atoms with van der Waals surface area (Å²) in [5.74, 6) is 0.783. The normalized spacial score (nSPS) is 11.1. The monoisotopic (exact) mass is 369 g/mol. The second kappa shape index (κ2) is 6.66. The Morgan fingerprint density at radius 1 is 1.11 bits per heavy atom. The number of benzene rings is 1. The number of carbonyl (C=O) groups is 1. The van der Waals surface area contributed by atoms with Gasteiger partial charge in [0.2, 0.25) is 5.69 Å². The number of carbonyl (C=O) groups excluding carboxylic acids is 1. The first-order valence-electron chi connectivity index (χ1n) is 9.13. The summed E-state index contributed by atoms with van der Waals surface area (Å²) < 4.78 is 2.03. The van der Waals surface area contributed by atoms with E-state index >= 15 is 0 Å². The maximum absolute atomic E-state index is 13.0. The van der Waals surface area contributed by atoms with Gasteiger partial charge in [-0.05, 0) is 42.5 Å². The molecule has 0 aliphatic carbocycles. The van der Waals surface area contributed by atoms with Crippen molar-refractivity contribution in [3.63, 3.8) is 0 Å². The Hall–Kier alpha value is -3.93. The summed E-state index contributed by atoms with van der Waals surface area (Å²) in [5.41, 5.74) is 4.33. The molecule has 6 nitrogen and oxygen atoms in total. The number of amides is 1. The molecule has 4 heterocycles. The Morgan fingerprint density at radius 3 is 2.96 bits per heavy atom. The molecule has 4 aromatic heterocycles. The molecule has 28 heavy (non-hydrogen) atoms. The van der Waals surface area contributed by atoms with E-state index in [0.717, 1.165) is 33.5 Å². The minimum atomic E-state index is -0.163. The predicted molar refractivity (Wildman–Crippen MR) is 106 cm³/mol. The first kappa shape index (κ1) is 16.3. The molecule has 0 aliphatic rings. The standard InChI is InChI=1S/C22H17N5O/c28-22(25-17-6-7-18-16(13-17)8-10-24-18)21-19-5-1-2-11-27(19)20(26-21)12-15-4-3-9-23-14-15/h1-11,13-14,24H,12H2,(H,25,28)/p+2. The van der Waals surface area contributed by atoms with Crippen LogP contribution in [-0.2, 0) is 6.42 Å². The van der Waals surface area contributed by atoms with Crippen molar-refractivity contribution in [2.24, 2.45) is 0 Å². The van der Waals surface area contributed by atoms with Gasteiger partial charge in [0.1, 0.15) is 0 Å². The number of aromatic nitrogens is 4. The maximum atomic E-state index is 13.0. The van der Waals surface area contributed by atoms with E-state index < -0.39 is 0 Å². The molecule has 0 saturated heterocycles. The third-order valence-electron chi connectivity index (χ3n) is 4.86. The van der Waals surface area contributed by atoms with E-state index in [0.29, 0.717) is 12.1 Å². The molecule has 5 rings (SSSR count). The van der Waals surface area contributed by atoms with Crippen LogP contribution < -0.4 is 14.7 Å². The zero-order valence-corrected chi connectivity index (χ0v) is 15.1. The fraction of sp³-hybridized carbons (Fsp3) is 0.0455. The molecule has 0 aliphatic heterocycles. The SMILES string of the molecule is O=C(Nc1ccc2[nH]ccc2c1)c1[nH]c(Cc2ccc[nH+]c2)[n+]2ccccc12. The summed E-state index contributed by atoms with van der Waals surface area (Å²) in [4.78, 5) is 22.6. The fourth-order valence-corrected chi connectivity index (χ4v) is 3.51. The smallest absolute Gasteiger partial charge is 0.299 e. The average molecular weight is 369 g/mol. The Bertz CT molecular complexity index is 1290. The number of nitrogens with one attached hydrogen (secondary N) is 4. The number of imidazole rings is 1. The maximum Gasteiger partial charge on any atom is 0.299 e. The van der Waals surface area contributed by atoms with Crippen LogP contribution in [0.15, 0.2) is 79.4 Å². The molecule has 0 fully saturated rings. The Labute approximate surface area is 160 Å². The van der Waals surface area contributed by atoms with Crippen LogP contribution in [0.1, 0.15) is 21.9 Å². The van der Waals surface area contributed by atoms with Crippen molar-refractivity contribution in [2.75, 3.05) is 5.32 Å². The Morgan fingerprint density at radius 2 is 2.07 bits per heavy atom. The number of hydrogen-bond acceptors (Lipinski definition) is 1. The van der Waals surface area contributed by atoms with E-state index in [1.54, 1.807) is 0 Å². The van der Waals surface area contributed by atoms with E-state index in [1.807, 2.05) is 77.7 Å². The highest BCUT2D eigenvalue weighted by Gasteiger charge is 2.24. The lowest BCUT2D eigenvalue weighted by atomic mass is 10.2. The van der Waals surface area contributed by atoms with E-state index in [4.69, 9.17) is 0 Å². The van der Waals surface area contributed by atoms with Gasteiger partial charge in [-0.25, -0.2) is 9.97 Å². The zero-order chi connectivity index (χ0) is 18.9. The first-order chi connectivity index (χ1) is 13.8. The van der Waals surface area contributed by atoms with Crippen LogP contribution in [0.3, 0.4) is 0 Å². The largest absolute Gasteiger partial charge is 0.361 e. The molecule has 1 aromatic carbocycles. The molecule has 0 atom stereocenters. The second-order valence-corrected chi connectivity index (χ2v) is 6.72. The number of aromatic amines is 3. The third kappa shape index (κ3) is 2.91. The van der Waals surface area contributed by atoms with E-state index in [2.05, 4.69) is 26.3 Å². The van der Waals surface area contributed by atoms with Gasteiger partial charge >= 0.3 is 0 Å². The minimum absolute atomic E-state index is 0.163. The van der Waals surface area contributed by atoms with Gasteiger partial charge in [-0.1, -0.05) is 6.07 Å². The predicted octanol–water partition coefficient (Wildman–Crippen LogP) is 2.89. The highest BCUT2D eigenvalue weighted by Crippen LogP contribution is 2.19. The lowest BCUT2D eigenvalue weighted by Gasteiger charge is -2.02. The molecule has 0 spiro atoms. The first-order valence-corrected chi connectivity index (χ1v) is 9.13. The Balaban J connectivity index is 1.50. The molecule has 0 radical (unpaired) electrons. The third-order valence-corrected chi connectivity index (χ3v) is 4.86. The molecule has 5 aromatic rings. The van der Waals surface area contributed by atoms with Gasteiger partial charge in [0.25, 0.3) is 11.7 Å². The molecule has 0 bridgehead atoms. The van der Waals surface area contributed by atoms with Gasteiger partial charge in [0, 0.05) is 34.4 Å². The summed E-state index contributed by atoms with van der Waals surface area (Å²) in [6.45, 7) is 0. The molecule has 6 heteroatoms. The van der Waals surface area contributed by atoms with Crippen molar-refractivity contribution in [2.45, 2.75) is 6.42 Å². The van der Waals surface area contributed by atoms with Crippen molar-refractivity contribution in [1.82, 2.24) is 9.97 Å². The number of anilines is 1. The minimum Gasteiger partial charge on any atom is -0.361 e.